The van der Waals surface area contributed by atoms with Gasteiger partial charge in [-0.15, -0.1) is 0 Å². The van der Waals surface area contributed by atoms with E-state index in [-0.39, 0.29) is 0 Å². The molecule has 2 aromatic rings. The molecule has 2 aromatic carbocycles. The monoisotopic (exact) mass is 241 g/mol. The van der Waals surface area contributed by atoms with E-state index in [0.717, 1.165) is 30.9 Å². The molecule has 2 heteroatoms. The summed E-state index contributed by atoms with van der Waals surface area (Å²) in [5.74, 6) is 0.947. The van der Waals surface area contributed by atoms with Crippen LogP contribution in [-0.2, 0) is 6.42 Å². The van der Waals surface area contributed by atoms with Crippen LogP contribution < -0.4 is 10.5 Å². The number of anilines is 1. The van der Waals surface area contributed by atoms with Crippen LogP contribution in [0.2, 0.25) is 0 Å². The van der Waals surface area contributed by atoms with Gasteiger partial charge >= 0.3 is 0 Å². The maximum Gasteiger partial charge on any atom is 0.119 e. The molecule has 0 aliphatic rings. The minimum atomic E-state index is 0.734. The third-order valence-electron chi connectivity index (χ3n) is 2.82. The summed E-state index contributed by atoms with van der Waals surface area (Å²) in [5, 5.41) is 0. The number of ether oxygens (including phenoxy) is 1. The third-order valence-corrected chi connectivity index (χ3v) is 2.82. The minimum Gasteiger partial charge on any atom is -0.494 e. The van der Waals surface area contributed by atoms with E-state index in [2.05, 4.69) is 25.1 Å². The van der Waals surface area contributed by atoms with Crippen molar-refractivity contribution in [2.45, 2.75) is 19.8 Å². The Bertz CT molecular complexity index is 460. The van der Waals surface area contributed by atoms with E-state index in [9.17, 15) is 0 Å². The van der Waals surface area contributed by atoms with Crippen LogP contribution in [-0.4, -0.2) is 6.61 Å². The van der Waals surface area contributed by atoms with Crippen LogP contribution in [0.5, 0.6) is 5.75 Å². The largest absolute Gasteiger partial charge is 0.494 e. The van der Waals surface area contributed by atoms with Crippen molar-refractivity contribution >= 4 is 5.69 Å². The highest BCUT2D eigenvalue weighted by atomic mass is 16.5. The first-order valence-corrected chi connectivity index (χ1v) is 6.28. The van der Waals surface area contributed by atoms with Crippen molar-refractivity contribution in [3.8, 4) is 5.75 Å². The van der Waals surface area contributed by atoms with E-state index < -0.39 is 0 Å². The molecule has 0 bridgehead atoms. The molecule has 0 unspecified atom stereocenters. The first-order chi connectivity index (χ1) is 8.74. The summed E-state index contributed by atoms with van der Waals surface area (Å²) >= 11 is 0. The van der Waals surface area contributed by atoms with Gasteiger partial charge in [-0.05, 0) is 55.2 Å². The van der Waals surface area contributed by atoms with Gasteiger partial charge in [0, 0.05) is 5.69 Å². The zero-order chi connectivity index (χ0) is 12.8. The van der Waals surface area contributed by atoms with Crippen LogP contribution >= 0.6 is 0 Å². The molecule has 18 heavy (non-hydrogen) atoms. The Morgan fingerprint density at radius 3 is 2.67 bits per heavy atom. The molecule has 0 amide bonds. The number of hydrogen-bond donors (Lipinski definition) is 1. The molecule has 0 radical (unpaired) electrons. The highest BCUT2D eigenvalue weighted by Crippen LogP contribution is 2.13. The summed E-state index contributed by atoms with van der Waals surface area (Å²) in [4.78, 5) is 0. The van der Waals surface area contributed by atoms with E-state index in [1.807, 2.05) is 30.3 Å². The van der Waals surface area contributed by atoms with E-state index in [0.29, 0.717) is 0 Å². The van der Waals surface area contributed by atoms with Crippen molar-refractivity contribution in [1.82, 2.24) is 0 Å². The lowest BCUT2D eigenvalue weighted by Gasteiger charge is -2.07. The van der Waals surface area contributed by atoms with Gasteiger partial charge in [-0.2, -0.15) is 0 Å². The zero-order valence-electron chi connectivity index (χ0n) is 10.7. The molecule has 0 aromatic heterocycles. The number of benzene rings is 2. The molecule has 2 rings (SSSR count). The number of nitrogen functional groups attached to an aromatic ring is 1. The molecular formula is C16H19NO. The summed E-state index contributed by atoms with van der Waals surface area (Å²) in [7, 11) is 0. The number of aryl methyl sites for hydroxylation is 2. The van der Waals surface area contributed by atoms with Gasteiger partial charge in [-0.1, -0.05) is 24.3 Å². The van der Waals surface area contributed by atoms with Gasteiger partial charge in [-0.25, -0.2) is 0 Å². The molecule has 0 saturated carbocycles. The number of hydrogen-bond acceptors (Lipinski definition) is 2. The quantitative estimate of drug-likeness (QED) is 0.641. The Morgan fingerprint density at radius 2 is 1.89 bits per heavy atom. The fraction of sp³-hybridized carbons (Fsp3) is 0.250. The number of nitrogens with two attached hydrogens (primary N) is 1. The van der Waals surface area contributed by atoms with E-state index >= 15 is 0 Å². The average Bonchev–Trinajstić information content (AvgIpc) is 2.35. The van der Waals surface area contributed by atoms with Crippen LogP contribution in [0.4, 0.5) is 5.69 Å². The molecule has 0 saturated heterocycles. The Morgan fingerprint density at radius 1 is 1.06 bits per heavy atom. The predicted molar refractivity (Wildman–Crippen MR) is 75.8 cm³/mol. The fourth-order valence-corrected chi connectivity index (χ4v) is 1.92. The molecule has 0 aliphatic carbocycles. The van der Waals surface area contributed by atoms with Crippen molar-refractivity contribution in [2.24, 2.45) is 0 Å². The normalized spacial score (nSPS) is 10.3. The Labute approximate surface area is 108 Å². The van der Waals surface area contributed by atoms with Crippen LogP contribution in [0.15, 0.2) is 48.5 Å². The summed E-state index contributed by atoms with van der Waals surface area (Å²) in [6.07, 6.45) is 1.99. The first kappa shape index (κ1) is 12.5. The summed E-state index contributed by atoms with van der Waals surface area (Å²) in [6.45, 7) is 2.80. The van der Waals surface area contributed by atoms with Crippen molar-refractivity contribution < 1.29 is 4.74 Å². The SMILES string of the molecule is Cc1cccc(OCCCc2cccc(N)c2)c1. The van der Waals surface area contributed by atoms with E-state index in [1.54, 1.807) is 0 Å². The van der Waals surface area contributed by atoms with E-state index in [4.69, 9.17) is 10.5 Å². The minimum absolute atomic E-state index is 0.734. The first-order valence-electron chi connectivity index (χ1n) is 6.28. The van der Waals surface area contributed by atoms with Crippen molar-refractivity contribution in [1.29, 1.82) is 0 Å². The van der Waals surface area contributed by atoms with Gasteiger partial charge < -0.3 is 10.5 Å². The lowest BCUT2D eigenvalue weighted by Crippen LogP contribution is -1.99. The van der Waals surface area contributed by atoms with E-state index in [1.165, 1.54) is 11.1 Å². The molecule has 94 valence electrons. The van der Waals surface area contributed by atoms with Crippen molar-refractivity contribution in [2.75, 3.05) is 12.3 Å². The summed E-state index contributed by atoms with van der Waals surface area (Å²) in [6, 6.07) is 16.2. The summed E-state index contributed by atoms with van der Waals surface area (Å²) < 4.78 is 5.71. The van der Waals surface area contributed by atoms with Crippen molar-refractivity contribution in [3.05, 3.63) is 59.7 Å². The zero-order valence-corrected chi connectivity index (χ0v) is 10.7. The standard InChI is InChI=1S/C16H19NO/c1-13-5-2-9-16(11-13)18-10-4-7-14-6-3-8-15(17)12-14/h2-3,5-6,8-9,11-12H,4,7,10,17H2,1H3. The van der Waals surface area contributed by atoms with Crippen LogP contribution in [0.25, 0.3) is 0 Å². The van der Waals surface area contributed by atoms with Crippen molar-refractivity contribution in [3.63, 3.8) is 0 Å². The Balaban J connectivity index is 1.76. The molecule has 0 heterocycles. The third kappa shape index (κ3) is 3.81. The Hall–Kier alpha value is -1.96. The fourth-order valence-electron chi connectivity index (χ4n) is 1.92. The maximum absolute atomic E-state index is 5.74. The van der Waals surface area contributed by atoms with Gasteiger partial charge in [0.1, 0.15) is 5.75 Å². The van der Waals surface area contributed by atoms with Gasteiger partial charge in [0.05, 0.1) is 6.61 Å². The molecule has 0 spiro atoms. The van der Waals surface area contributed by atoms with Gasteiger partial charge in [0.2, 0.25) is 0 Å². The molecule has 0 fully saturated rings. The second kappa shape index (κ2) is 6.10. The molecule has 0 atom stereocenters. The lowest BCUT2D eigenvalue weighted by molar-refractivity contribution is 0.311. The van der Waals surface area contributed by atoms with Gasteiger partial charge in [0.15, 0.2) is 0 Å². The topological polar surface area (TPSA) is 35.2 Å². The predicted octanol–water partition coefficient (Wildman–Crippen LogP) is 3.59. The number of rotatable bonds is 5. The van der Waals surface area contributed by atoms with Gasteiger partial charge in [-0.3, -0.25) is 0 Å². The second-order valence-electron chi connectivity index (χ2n) is 4.51. The maximum atomic E-state index is 5.74. The average molecular weight is 241 g/mol. The molecule has 2 nitrogen and oxygen atoms in total. The van der Waals surface area contributed by atoms with Crippen LogP contribution in [0.1, 0.15) is 17.5 Å². The summed E-state index contributed by atoms with van der Waals surface area (Å²) in [5.41, 5.74) is 9.06. The van der Waals surface area contributed by atoms with Crippen LogP contribution in [0, 0.1) is 6.92 Å². The molecule has 2 N–H and O–H groups in total. The van der Waals surface area contributed by atoms with Crippen LogP contribution in [0.3, 0.4) is 0 Å². The molecule has 0 aliphatic heterocycles. The highest BCUT2D eigenvalue weighted by molar-refractivity contribution is 5.40. The smallest absolute Gasteiger partial charge is 0.119 e. The lowest BCUT2D eigenvalue weighted by atomic mass is 10.1. The van der Waals surface area contributed by atoms with Gasteiger partial charge in [0.25, 0.3) is 0 Å². The Kier molecular flexibility index (Phi) is 4.24. The second-order valence-corrected chi connectivity index (χ2v) is 4.51. The highest BCUT2D eigenvalue weighted by Gasteiger charge is 1.96. The molecular weight excluding hydrogens is 222 g/mol.